The molecule has 1 fully saturated rings. The quantitative estimate of drug-likeness (QED) is 0.540. The third-order valence-electron chi connectivity index (χ3n) is 4.87. The molecule has 150 valence electrons. The predicted octanol–water partition coefficient (Wildman–Crippen LogP) is 3.54. The van der Waals surface area contributed by atoms with E-state index < -0.39 is 20.8 Å². The molecule has 1 aliphatic rings. The Morgan fingerprint density at radius 1 is 1.14 bits per heavy atom. The third-order valence-corrected chi connectivity index (χ3v) is 6.77. The molecule has 0 saturated carbocycles. The molecule has 0 radical (unpaired) electrons. The van der Waals surface area contributed by atoms with Crippen molar-refractivity contribution in [1.29, 1.82) is 0 Å². The first kappa shape index (κ1) is 20.2. The summed E-state index contributed by atoms with van der Waals surface area (Å²) in [6.07, 6.45) is 2.54. The van der Waals surface area contributed by atoms with E-state index in [9.17, 15) is 22.9 Å². The molecule has 0 aromatic heterocycles. The highest BCUT2D eigenvalue weighted by Gasteiger charge is 2.29. The van der Waals surface area contributed by atoms with Gasteiger partial charge in [0.2, 0.25) is 10.0 Å². The summed E-state index contributed by atoms with van der Waals surface area (Å²) < 4.78 is 40.9. The highest BCUT2D eigenvalue weighted by atomic mass is 32.2. The van der Waals surface area contributed by atoms with Crippen molar-refractivity contribution in [2.45, 2.75) is 30.7 Å². The second kappa shape index (κ2) is 8.24. The Labute approximate surface area is 163 Å². The van der Waals surface area contributed by atoms with Gasteiger partial charge in [-0.3, -0.25) is 10.1 Å². The zero-order chi connectivity index (χ0) is 20.3. The van der Waals surface area contributed by atoms with Crippen molar-refractivity contribution in [3.63, 3.8) is 0 Å². The lowest BCUT2D eigenvalue weighted by molar-refractivity contribution is -0.384. The summed E-state index contributed by atoms with van der Waals surface area (Å²) in [4.78, 5) is 12.4. The minimum atomic E-state index is -3.78. The van der Waals surface area contributed by atoms with Gasteiger partial charge in [0.25, 0.3) is 5.69 Å². The lowest BCUT2D eigenvalue weighted by Gasteiger charge is -2.26. The van der Waals surface area contributed by atoms with Crippen molar-refractivity contribution in [2.24, 2.45) is 0 Å². The topological polar surface area (TPSA) is 83.8 Å². The molecule has 9 heteroatoms. The van der Waals surface area contributed by atoms with E-state index in [0.29, 0.717) is 18.7 Å². The molecule has 2 aromatic carbocycles. The number of nitro groups is 1. The Balaban J connectivity index is 1.93. The van der Waals surface area contributed by atoms with E-state index in [1.54, 1.807) is 25.2 Å². The maximum atomic E-state index is 13.9. The molecule has 3 rings (SSSR count). The number of sulfonamides is 1. The van der Waals surface area contributed by atoms with Crippen LogP contribution in [0.3, 0.4) is 0 Å². The SMILES string of the molecule is CN(Cc1ccccc1F)c1ccc(S(=O)(=O)N2CCCCC2)cc1[N+](=O)[O-]. The largest absolute Gasteiger partial charge is 0.365 e. The monoisotopic (exact) mass is 407 g/mol. The Bertz CT molecular complexity index is 975. The first-order valence-corrected chi connectivity index (χ1v) is 10.5. The molecule has 0 spiro atoms. The number of nitro benzene ring substituents is 1. The summed E-state index contributed by atoms with van der Waals surface area (Å²) >= 11 is 0. The van der Waals surface area contributed by atoms with Crippen molar-refractivity contribution in [3.05, 3.63) is 64.0 Å². The van der Waals surface area contributed by atoms with Crippen molar-refractivity contribution in [1.82, 2.24) is 4.31 Å². The Kier molecular flexibility index (Phi) is 5.95. The summed E-state index contributed by atoms with van der Waals surface area (Å²) in [6.45, 7) is 0.960. The van der Waals surface area contributed by atoms with Crippen LogP contribution in [-0.2, 0) is 16.6 Å². The number of hydrogen-bond donors (Lipinski definition) is 0. The molecule has 28 heavy (non-hydrogen) atoms. The maximum Gasteiger partial charge on any atom is 0.293 e. The van der Waals surface area contributed by atoms with Gasteiger partial charge in [-0.2, -0.15) is 4.31 Å². The third kappa shape index (κ3) is 4.15. The van der Waals surface area contributed by atoms with Gasteiger partial charge in [-0.15, -0.1) is 0 Å². The number of anilines is 1. The molecule has 1 heterocycles. The van der Waals surface area contributed by atoms with Gasteiger partial charge in [0.15, 0.2) is 0 Å². The average Bonchev–Trinajstić information content (AvgIpc) is 2.69. The smallest absolute Gasteiger partial charge is 0.293 e. The van der Waals surface area contributed by atoms with Crippen LogP contribution >= 0.6 is 0 Å². The summed E-state index contributed by atoms with van der Waals surface area (Å²) in [7, 11) is -2.17. The molecule has 0 N–H and O–H groups in total. The van der Waals surface area contributed by atoms with Crippen LogP contribution in [0.15, 0.2) is 47.4 Å². The Morgan fingerprint density at radius 3 is 2.46 bits per heavy atom. The van der Waals surface area contributed by atoms with Gasteiger partial charge in [0.05, 0.1) is 9.82 Å². The van der Waals surface area contributed by atoms with Crippen molar-refractivity contribution >= 4 is 21.4 Å². The molecule has 0 unspecified atom stereocenters. The average molecular weight is 407 g/mol. The van der Waals surface area contributed by atoms with Gasteiger partial charge < -0.3 is 4.90 Å². The van der Waals surface area contributed by atoms with Crippen molar-refractivity contribution in [2.75, 3.05) is 25.0 Å². The van der Waals surface area contributed by atoms with Gasteiger partial charge in [-0.05, 0) is 31.0 Å². The zero-order valence-corrected chi connectivity index (χ0v) is 16.4. The lowest BCUT2D eigenvalue weighted by atomic mass is 10.2. The number of hydrogen-bond acceptors (Lipinski definition) is 5. The molecule has 0 amide bonds. The summed E-state index contributed by atoms with van der Waals surface area (Å²) in [6, 6.07) is 10.1. The molecule has 2 aromatic rings. The summed E-state index contributed by atoms with van der Waals surface area (Å²) in [5, 5.41) is 11.6. The fraction of sp³-hybridized carbons (Fsp3) is 0.368. The van der Waals surface area contributed by atoms with Crippen LogP contribution in [0.4, 0.5) is 15.8 Å². The maximum absolute atomic E-state index is 13.9. The Morgan fingerprint density at radius 2 is 1.82 bits per heavy atom. The normalized spacial score (nSPS) is 15.4. The van der Waals surface area contributed by atoms with Gasteiger partial charge in [-0.1, -0.05) is 24.6 Å². The first-order chi connectivity index (χ1) is 13.3. The van der Waals surface area contributed by atoms with E-state index in [1.165, 1.54) is 27.4 Å². The highest BCUT2D eigenvalue weighted by molar-refractivity contribution is 7.89. The molecule has 1 saturated heterocycles. The Hall–Kier alpha value is -2.52. The van der Waals surface area contributed by atoms with Crippen LogP contribution in [-0.4, -0.2) is 37.8 Å². The summed E-state index contributed by atoms with van der Waals surface area (Å²) in [5.74, 6) is -0.402. The molecular formula is C19H22FN3O4S. The van der Waals surface area contributed by atoms with Crippen LogP contribution < -0.4 is 4.90 Å². The molecule has 0 atom stereocenters. The van der Waals surface area contributed by atoms with Crippen LogP contribution in [0.2, 0.25) is 0 Å². The number of rotatable bonds is 6. The van der Waals surface area contributed by atoms with Crippen LogP contribution in [0.5, 0.6) is 0 Å². The minimum Gasteiger partial charge on any atom is -0.365 e. The molecular weight excluding hydrogens is 385 g/mol. The number of benzene rings is 2. The minimum absolute atomic E-state index is 0.0934. The van der Waals surface area contributed by atoms with Crippen LogP contribution in [0, 0.1) is 15.9 Å². The molecule has 1 aliphatic heterocycles. The fourth-order valence-electron chi connectivity index (χ4n) is 3.35. The number of nitrogens with zero attached hydrogens (tertiary/aromatic N) is 3. The number of halogens is 1. The second-order valence-electron chi connectivity index (χ2n) is 6.82. The van der Waals surface area contributed by atoms with E-state index in [4.69, 9.17) is 0 Å². The predicted molar refractivity (Wildman–Crippen MR) is 104 cm³/mol. The van der Waals surface area contributed by atoms with E-state index >= 15 is 0 Å². The van der Waals surface area contributed by atoms with Crippen molar-refractivity contribution in [3.8, 4) is 0 Å². The van der Waals surface area contributed by atoms with Gasteiger partial charge >= 0.3 is 0 Å². The second-order valence-corrected chi connectivity index (χ2v) is 8.76. The van der Waals surface area contributed by atoms with Gasteiger partial charge in [0, 0.05) is 38.3 Å². The first-order valence-electron chi connectivity index (χ1n) is 9.04. The van der Waals surface area contributed by atoms with Gasteiger partial charge in [-0.25, -0.2) is 12.8 Å². The van der Waals surface area contributed by atoms with E-state index in [2.05, 4.69) is 0 Å². The van der Waals surface area contributed by atoms with E-state index in [1.807, 2.05) is 0 Å². The standard InChI is InChI=1S/C19H22FN3O4S/c1-21(14-15-7-3-4-8-17(15)20)18-10-9-16(13-19(18)23(24)25)28(26,27)22-11-5-2-6-12-22/h3-4,7-10,13H,2,5-6,11-12,14H2,1H3. The van der Waals surface area contributed by atoms with Crippen molar-refractivity contribution < 1.29 is 17.7 Å². The summed E-state index contributed by atoms with van der Waals surface area (Å²) in [5.41, 5.74) is 0.298. The van der Waals surface area contributed by atoms with Crippen LogP contribution in [0.1, 0.15) is 24.8 Å². The molecule has 0 bridgehead atoms. The highest BCUT2D eigenvalue weighted by Crippen LogP contribution is 2.32. The molecule has 0 aliphatic carbocycles. The fourth-order valence-corrected chi connectivity index (χ4v) is 4.89. The number of piperidine rings is 1. The zero-order valence-electron chi connectivity index (χ0n) is 15.5. The van der Waals surface area contributed by atoms with Crippen LogP contribution in [0.25, 0.3) is 0 Å². The van der Waals surface area contributed by atoms with E-state index in [0.717, 1.165) is 25.3 Å². The molecule has 7 nitrogen and oxygen atoms in total. The van der Waals surface area contributed by atoms with Gasteiger partial charge in [0.1, 0.15) is 11.5 Å². The lowest BCUT2D eigenvalue weighted by Crippen LogP contribution is -2.35. The van der Waals surface area contributed by atoms with E-state index in [-0.39, 0.29) is 22.8 Å².